The molecule has 4 fully saturated rings. The van der Waals surface area contributed by atoms with Crippen molar-refractivity contribution < 1.29 is 4.74 Å². The molecule has 6 heteroatoms. The number of hydrogen-bond acceptors (Lipinski definition) is 3. The number of aromatic nitrogens is 3. The second-order valence-corrected chi connectivity index (χ2v) is 7.81. The Hall–Kier alpha value is -1.98. The lowest BCUT2D eigenvalue weighted by Crippen LogP contribution is -2.53. The van der Waals surface area contributed by atoms with E-state index in [1.807, 2.05) is 0 Å². The van der Waals surface area contributed by atoms with Crippen LogP contribution in [-0.4, -0.2) is 21.0 Å². The minimum Gasteiger partial charge on any atom is -0.500 e. The number of hydrogen-bond donors (Lipinski definition) is 0. The highest BCUT2D eigenvalue weighted by Crippen LogP contribution is 3.04. The Balaban J connectivity index is 1.67. The van der Waals surface area contributed by atoms with Crippen LogP contribution < -0.4 is 11.4 Å². The van der Waals surface area contributed by atoms with E-state index in [2.05, 4.69) is 18.2 Å². The number of nitrogens with zero attached hydrogens (tertiary/aromatic N) is 3. The van der Waals surface area contributed by atoms with Gasteiger partial charge in [0, 0.05) is 12.5 Å². The van der Waals surface area contributed by atoms with Crippen molar-refractivity contribution in [1.29, 1.82) is 0 Å². The SMILES string of the molecule is COC1=CC=C[C@]23[C@H]4[C@@H]5[C@@H]6[C@@H]5[C@@H]2[C@@]13[C@H]6n1c(=O)n(C)c(=O)n14. The Kier molecular flexibility index (Phi) is 1.20. The topological polar surface area (TPSA) is 58.2 Å². The third-order valence-corrected chi connectivity index (χ3v) is 7.87. The van der Waals surface area contributed by atoms with Crippen molar-refractivity contribution in [3.63, 3.8) is 0 Å². The maximum atomic E-state index is 12.7. The summed E-state index contributed by atoms with van der Waals surface area (Å²) in [4.78, 5) is 25.3. The van der Waals surface area contributed by atoms with Crippen LogP contribution in [0.1, 0.15) is 12.1 Å². The molecule has 0 saturated heterocycles. The summed E-state index contributed by atoms with van der Waals surface area (Å²) in [6, 6.07) is 0.254. The van der Waals surface area contributed by atoms with Gasteiger partial charge >= 0.3 is 11.4 Å². The van der Waals surface area contributed by atoms with Gasteiger partial charge in [0.2, 0.25) is 0 Å². The van der Waals surface area contributed by atoms with Crippen LogP contribution in [0.4, 0.5) is 0 Å². The van der Waals surface area contributed by atoms with Crippen LogP contribution in [0.5, 0.6) is 0 Å². The largest absolute Gasteiger partial charge is 0.500 e. The van der Waals surface area contributed by atoms with E-state index >= 15 is 0 Å². The molecule has 5 aliphatic carbocycles. The van der Waals surface area contributed by atoms with Gasteiger partial charge in [-0.2, -0.15) is 0 Å². The third kappa shape index (κ3) is 0.591. The molecule has 8 rings (SSSR count). The van der Waals surface area contributed by atoms with Crippen LogP contribution in [0.3, 0.4) is 0 Å². The highest BCUT2D eigenvalue weighted by Gasteiger charge is 3.04. The van der Waals surface area contributed by atoms with Crippen molar-refractivity contribution in [2.75, 3.05) is 7.11 Å². The van der Waals surface area contributed by atoms with Gasteiger partial charge in [-0.05, 0) is 29.7 Å². The van der Waals surface area contributed by atoms with Crippen molar-refractivity contribution in [3.8, 4) is 0 Å². The minimum atomic E-state index is -0.162. The zero-order chi connectivity index (χ0) is 14.8. The molecule has 0 amide bonds. The molecule has 0 unspecified atom stereocenters. The Morgan fingerprint density at radius 2 is 1.77 bits per heavy atom. The van der Waals surface area contributed by atoms with Crippen molar-refractivity contribution in [3.05, 3.63) is 45.0 Å². The Morgan fingerprint density at radius 3 is 2.50 bits per heavy atom. The Bertz CT molecular complexity index is 993. The molecule has 112 valence electrons. The molecule has 1 aromatic heterocycles. The van der Waals surface area contributed by atoms with E-state index in [-0.39, 0.29) is 34.3 Å². The fraction of sp³-hybridized carbons (Fsp3) is 0.625. The number of ether oxygens (including phenoxy) is 1. The molecular formula is C16H15N3O3. The summed E-state index contributed by atoms with van der Waals surface area (Å²) < 4.78 is 10.6. The molecule has 7 aliphatic rings. The summed E-state index contributed by atoms with van der Waals surface area (Å²) in [5.74, 6) is 3.42. The zero-order valence-corrected chi connectivity index (χ0v) is 12.3. The van der Waals surface area contributed by atoms with Gasteiger partial charge < -0.3 is 4.74 Å². The lowest BCUT2D eigenvalue weighted by atomic mass is 9.68. The van der Waals surface area contributed by atoms with E-state index in [1.54, 1.807) is 23.5 Å². The molecular weight excluding hydrogens is 282 g/mol. The standard InChI is InChI=1S/C16H15N3O3/c1-17-13(20)18-11-8-7-9(8)12(19(18)14(17)21)16-6(22-2)4-3-5-15(11,16)10(7)16/h3-5,7-12H,1-2H3/t7-,8+,9+,10+,11-,12+,15-,16-/m1/s1. The molecule has 0 radical (unpaired) electrons. The molecule has 2 aliphatic heterocycles. The number of rotatable bonds is 1. The van der Waals surface area contributed by atoms with Gasteiger partial charge in [-0.25, -0.2) is 23.5 Å². The van der Waals surface area contributed by atoms with Gasteiger partial charge in [0.1, 0.15) is 5.76 Å². The fourth-order valence-corrected chi connectivity index (χ4v) is 7.68. The van der Waals surface area contributed by atoms with E-state index in [0.29, 0.717) is 23.7 Å². The van der Waals surface area contributed by atoms with Gasteiger partial charge in [-0.3, -0.25) is 0 Å². The van der Waals surface area contributed by atoms with Gasteiger partial charge in [0.25, 0.3) is 0 Å². The van der Waals surface area contributed by atoms with Crippen LogP contribution in [0.2, 0.25) is 0 Å². The van der Waals surface area contributed by atoms with Gasteiger partial charge in [0.05, 0.1) is 24.6 Å². The molecule has 0 aromatic carbocycles. The second kappa shape index (κ2) is 2.47. The highest BCUT2D eigenvalue weighted by atomic mass is 16.5. The lowest BCUT2D eigenvalue weighted by Gasteiger charge is -2.48. The van der Waals surface area contributed by atoms with Crippen molar-refractivity contribution >= 4 is 0 Å². The van der Waals surface area contributed by atoms with E-state index in [9.17, 15) is 9.59 Å². The first-order chi connectivity index (χ1) is 10.6. The Morgan fingerprint density at radius 1 is 1.09 bits per heavy atom. The summed E-state index contributed by atoms with van der Waals surface area (Å²) in [7, 11) is 3.33. The van der Waals surface area contributed by atoms with E-state index in [1.165, 1.54) is 4.57 Å². The molecule has 3 heterocycles. The molecule has 2 spiro atoms. The molecule has 22 heavy (non-hydrogen) atoms. The van der Waals surface area contributed by atoms with Gasteiger partial charge in [-0.15, -0.1) is 0 Å². The predicted molar refractivity (Wildman–Crippen MR) is 75.1 cm³/mol. The molecule has 8 atom stereocenters. The summed E-state index contributed by atoms with van der Waals surface area (Å²) in [5.41, 5.74) is -0.339. The third-order valence-electron chi connectivity index (χ3n) is 7.87. The minimum absolute atomic E-state index is 0.0272. The van der Waals surface area contributed by atoms with Gasteiger partial charge in [0.15, 0.2) is 0 Å². The highest BCUT2D eigenvalue weighted by molar-refractivity contribution is 5.59. The quantitative estimate of drug-likeness (QED) is 0.735. The molecule has 4 saturated carbocycles. The van der Waals surface area contributed by atoms with E-state index in [4.69, 9.17) is 4.74 Å². The zero-order valence-electron chi connectivity index (χ0n) is 12.3. The van der Waals surface area contributed by atoms with Crippen LogP contribution >= 0.6 is 0 Å². The average Bonchev–Trinajstić information content (AvgIpc) is 3.31. The molecule has 2 bridgehead atoms. The smallest absolute Gasteiger partial charge is 0.347 e. The maximum Gasteiger partial charge on any atom is 0.347 e. The fourth-order valence-electron chi connectivity index (χ4n) is 7.68. The van der Waals surface area contributed by atoms with Crippen LogP contribution in [0.15, 0.2) is 33.6 Å². The van der Waals surface area contributed by atoms with Crippen LogP contribution in [0.25, 0.3) is 0 Å². The number of methoxy groups -OCH3 is 1. The van der Waals surface area contributed by atoms with E-state index < -0.39 is 0 Å². The molecule has 6 nitrogen and oxygen atoms in total. The van der Waals surface area contributed by atoms with Crippen molar-refractivity contribution in [2.24, 2.45) is 41.5 Å². The second-order valence-electron chi connectivity index (χ2n) is 7.81. The number of allylic oxidation sites excluding steroid dienone is 4. The first kappa shape index (κ1) is 10.7. The van der Waals surface area contributed by atoms with E-state index in [0.717, 1.165) is 5.76 Å². The predicted octanol–water partition coefficient (Wildman–Crippen LogP) is 0.0364. The maximum absolute atomic E-state index is 12.7. The summed E-state index contributed by atoms with van der Waals surface area (Å²) in [6.07, 6.45) is 6.47. The van der Waals surface area contributed by atoms with Gasteiger partial charge in [-0.1, -0.05) is 12.2 Å². The summed E-state index contributed by atoms with van der Waals surface area (Å²) in [6.45, 7) is 0. The monoisotopic (exact) mass is 297 g/mol. The first-order valence-electron chi connectivity index (χ1n) is 7.98. The first-order valence-corrected chi connectivity index (χ1v) is 7.98. The molecule has 0 N–H and O–H groups in total. The Labute approximate surface area is 125 Å². The normalized spacial score (nSPS) is 55.6. The lowest BCUT2D eigenvalue weighted by molar-refractivity contribution is 0.0119. The average molecular weight is 297 g/mol. The van der Waals surface area contributed by atoms with Crippen LogP contribution in [0, 0.1) is 34.5 Å². The molecule has 1 aromatic rings. The van der Waals surface area contributed by atoms with Crippen LogP contribution in [-0.2, 0) is 11.8 Å². The summed E-state index contributed by atoms with van der Waals surface area (Å²) >= 11 is 0. The summed E-state index contributed by atoms with van der Waals surface area (Å²) in [5, 5.41) is 0. The van der Waals surface area contributed by atoms with Crippen molar-refractivity contribution in [1.82, 2.24) is 13.9 Å². The van der Waals surface area contributed by atoms with Crippen molar-refractivity contribution in [2.45, 2.75) is 12.1 Å².